The van der Waals surface area contributed by atoms with E-state index in [1.54, 1.807) is 0 Å². The molecule has 416 valence electrons. The van der Waals surface area contributed by atoms with E-state index in [1.807, 2.05) is 121 Å². The number of unbranched alkanes of at least 4 members (excludes halogenated alkanes) is 2. The number of ether oxygens (including phenoxy) is 4. The molecule has 4 aromatic rings. The van der Waals surface area contributed by atoms with Crippen molar-refractivity contribution in [3.8, 4) is 0 Å². The maximum absolute atomic E-state index is 13.4. The van der Waals surface area contributed by atoms with E-state index in [0.29, 0.717) is 61.5 Å². The van der Waals surface area contributed by atoms with E-state index in [9.17, 15) is 38.4 Å². The van der Waals surface area contributed by atoms with Gasteiger partial charge in [0.25, 0.3) is 0 Å². The minimum Gasteiger partial charge on any atom is -0.481 e. The van der Waals surface area contributed by atoms with Crippen LogP contribution in [0.4, 0.5) is 0 Å². The molecule has 0 aromatic heterocycles. The Morgan fingerprint density at radius 2 is 0.766 bits per heavy atom. The molecule has 4 aromatic carbocycles. The third-order valence-electron chi connectivity index (χ3n) is 11.5. The number of nitrogens with one attached hydrogen (secondary N) is 2. The number of ketones is 1. The van der Waals surface area contributed by atoms with Crippen LogP contribution in [0.25, 0.3) is 0 Å². The summed E-state index contributed by atoms with van der Waals surface area (Å²) in [5.41, 5.74) is 9.53. The number of hydrogen-bond donors (Lipinski definition) is 4. The molecular formula is C57H71N3O13S4. The van der Waals surface area contributed by atoms with E-state index in [2.05, 4.69) is 10.6 Å². The smallest absolute Gasteiger partial charge is 0.329 e. The standard InChI is InChI=1S/C57H71N3O13S4/c58-48(38-43-19-7-2-8-20-43)55(67)71-30-34-75-77-36-32-73-56(68)49(39-44-21-9-3-10-22-44)59-51(62)26-14-13-25-47(61)41-46(37-42-17-5-1-6-18-42)54(66)70-29-33-74-76-35-31-72-57(69)50(40-45-23-11-4-12-24-45)60-52(63)27-15-16-28-53(64)65/h1-12,17-24,46,48-50H,13-16,25-41,58H2,(H,59,62)(H,60,63)(H,64,65). The normalized spacial score (nSPS) is 12.5. The maximum Gasteiger partial charge on any atom is 0.329 e. The number of amides is 2. The first-order valence-electron chi connectivity index (χ1n) is 25.7. The fraction of sp³-hybridized carbons (Fsp3) is 0.439. The first-order chi connectivity index (χ1) is 37.4. The van der Waals surface area contributed by atoms with Crippen LogP contribution in [0, 0.1) is 5.92 Å². The molecule has 0 bridgehead atoms. The van der Waals surface area contributed by atoms with Gasteiger partial charge < -0.3 is 40.4 Å². The summed E-state index contributed by atoms with van der Waals surface area (Å²) >= 11 is 0. The molecule has 0 spiro atoms. The second kappa shape index (κ2) is 38.7. The van der Waals surface area contributed by atoms with Gasteiger partial charge in [-0.15, -0.1) is 0 Å². The molecule has 0 saturated carbocycles. The molecule has 4 rings (SSSR count). The van der Waals surface area contributed by atoms with Gasteiger partial charge in [-0.1, -0.05) is 165 Å². The van der Waals surface area contributed by atoms with Gasteiger partial charge in [0.2, 0.25) is 11.8 Å². The Balaban J connectivity index is 1.13. The van der Waals surface area contributed by atoms with Crippen LogP contribution in [0.1, 0.15) is 80.0 Å². The molecule has 4 atom stereocenters. The summed E-state index contributed by atoms with van der Waals surface area (Å²) in [5, 5.41) is 14.4. The van der Waals surface area contributed by atoms with E-state index >= 15 is 0 Å². The van der Waals surface area contributed by atoms with Gasteiger partial charge in [-0.3, -0.25) is 28.8 Å². The SMILES string of the molecule is NC(Cc1ccccc1)C(=O)OCCSSCCOC(=O)C(Cc1ccccc1)NC(=O)CCCCC(=O)CC(Cc1ccccc1)C(=O)OCCSSCCOC(=O)C(Cc1ccccc1)NC(=O)CCCCC(=O)O. The second-order valence-electron chi connectivity index (χ2n) is 17.8. The van der Waals surface area contributed by atoms with Gasteiger partial charge >= 0.3 is 29.8 Å². The van der Waals surface area contributed by atoms with E-state index < -0.39 is 53.9 Å². The van der Waals surface area contributed by atoms with Gasteiger partial charge in [-0.25, -0.2) is 9.59 Å². The maximum atomic E-state index is 13.4. The van der Waals surface area contributed by atoms with E-state index in [4.69, 9.17) is 29.8 Å². The van der Waals surface area contributed by atoms with Crippen molar-refractivity contribution in [3.05, 3.63) is 144 Å². The molecule has 0 radical (unpaired) electrons. The third-order valence-corrected chi connectivity index (χ3v) is 16.2. The third kappa shape index (κ3) is 29.0. The molecule has 0 fully saturated rings. The number of carboxylic acid groups (broad SMARTS) is 1. The van der Waals surface area contributed by atoms with Crippen LogP contribution in [-0.2, 0) is 83.0 Å². The summed E-state index contributed by atoms with van der Waals surface area (Å²) in [6, 6.07) is 34.8. The Hall–Kier alpha value is -5.80. The number of carbonyl (C=O) groups is 8. The predicted molar refractivity (Wildman–Crippen MR) is 304 cm³/mol. The van der Waals surface area contributed by atoms with Crippen molar-refractivity contribution in [1.82, 2.24) is 10.6 Å². The zero-order chi connectivity index (χ0) is 55.3. The van der Waals surface area contributed by atoms with Crippen molar-refractivity contribution in [2.75, 3.05) is 49.4 Å². The number of aliphatic carboxylic acids is 1. The van der Waals surface area contributed by atoms with Gasteiger partial charge in [0.1, 0.15) is 50.3 Å². The summed E-state index contributed by atoms with van der Waals surface area (Å²) in [6.07, 6.45) is 2.99. The quantitative estimate of drug-likeness (QED) is 0.0143. The summed E-state index contributed by atoms with van der Waals surface area (Å²) < 4.78 is 22.0. The van der Waals surface area contributed by atoms with Gasteiger partial charge in [-0.05, 0) is 60.8 Å². The molecule has 20 heteroatoms. The fourth-order valence-electron chi connectivity index (χ4n) is 7.62. The molecule has 77 heavy (non-hydrogen) atoms. The average molecular weight is 1130 g/mol. The molecule has 0 aliphatic carbocycles. The molecule has 0 saturated heterocycles. The first kappa shape index (κ1) is 63.7. The molecule has 0 aliphatic heterocycles. The summed E-state index contributed by atoms with van der Waals surface area (Å²) in [7, 11) is 5.81. The lowest BCUT2D eigenvalue weighted by atomic mass is 9.92. The Kier molecular flexibility index (Phi) is 32.0. The number of Topliss-reactive ketones (excluding diaryl/α,β-unsaturated/α-hetero) is 1. The molecule has 0 aliphatic rings. The molecule has 16 nitrogen and oxygen atoms in total. The molecular weight excluding hydrogens is 1060 g/mol. The molecule has 0 heterocycles. The highest BCUT2D eigenvalue weighted by Gasteiger charge is 2.26. The van der Waals surface area contributed by atoms with Crippen molar-refractivity contribution in [2.45, 2.75) is 102 Å². The average Bonchev–Trinajstić information content (AvgIpc) is 3.42. The Morgan fingerprint density at radius 3 is 1.17 bits per heavy atom. The van der Waals surface area contributed by atoms with E-state index in [1.165, 1.54) is 43.2 Å². The largest absolute Gasteiger partial charge is 0.481 e. The predicted octanol–water partition coefficient (Wildman–Crippen LogP) is 7.97. The minimum absolute atomic E-state index is 0.0250. The summed E-state index contributed by atoms with van der Waals surface area (Å²) in [5.74, 6) is -2.66. The van der Waals surface area contributed by atoms with Gasteiger partial charge in [0, 0.05) is 68.0 Å². The zero-order valence-corrected chi connectivity index (χ0v) is 46.5. The van der Waals surface area contributed by atoms with Crippen LogP contribution in [0.5, 0.6) is 0 Å². The van der Waals surface area contributed by atoms with Crippen LogP contribution in [0.2, 0.25) is 0 Å². The van der Waals surface area contributed by atoms with Gasteiger partial charge in [-0.2, -0.15) is 0 Å². The second-order valence-corrected chi connectivity index (χ2v) is 23.2. The lowest BCUT2D eigenvalue weighted by Crippen LogP contribution is -2.43. The summed E-state index contributed by atoms with van der Waals surface area (Å²) in [6.45, 7) is 0.501. The van der Waals surface area contributed by atoms with Crippen LogP contribution in [0.3, 0.4) is 0 Å². The topological polar surface area (TPSA) is 244 Å². The van der Waals surface area contributed by atoms with Crippen molar-refractivity contribution < 1.29 is 62.4 Å². The Bertz CT molecular complexity index is 2390. The van der Waals surface area contributed by atoms with Crippen LogP contribution in [-0.4, -0.2) is 120 Å². The highest BCUT2D eigenvalue weighted by Crippen LogP contribution is 2.23. The van der Waals surface area contributed by atoms with Crippen molar-refractivity contribution >= 4 is 90.6 Å². The van der Waals surface area contributed by atoms with Gasteiger partial charge in [0.05, 0.1) is 5.92 Å². The first-order valence-corrected chi connectivity index (χ1v) is 30.7. The number of benzene rings is 4. The highest BCUT2D eigenvalue weighted by molar-refractivity contribution is 8.77. The van der Waals surface area contributed by atoms with Crippen LogP contribution >= 0.6 is 43.2 Å². The van der Waals surface area contributed by atoms with Crippen LogP contribution < -0.4 is 16.4 Å². The number of nitrogens with two attached hydrogens (primary N) is 1. The number of rotatable bonds is 40. The van der Waals surface area contributed by atoms with Crippen molar-refractivity contribution in [2.24, 2.45) is 11.7 Å². The lowest BCUT2D eigenvalue weighted by molar-refractivity contribution is -0.149. The van der Waals surface area contributed by atoms with E-state index in [-0.39, 0.29) is 89.0 Å². The van der Waals surface area contributed by atoms with E-state index in [0.717, 1.165) is 22.3 Å². The Labute approximate surface area is 467 Å². The molecule has 5 N–H and O–H groups in total. The number of carbonyl (C=O) groups excluding carboxylic acids is 7. The highest BCUT2D eigenvalue weighted by atomic mass is 33.1. The van der Waals surface area contributed by atoms with Crippen LogP contribution in [0.15, 0.2) is 121 Å². The summed E-state index contributed by atoms with van der Waals surface area (Å²) in [4.78, 5) is 102. The fourth-order valence-corrected chi connectivity index (χ4v) is 10.9. The molecule has 2 amide bonds. The Morgan fingerprint density at radius 1 is 0.429 bits per heavy atom. The number of esters is 4. The zero-order valence-electron chi connectivity index (χ0n) is 43.3. The molecule has 4 unspecified atom stereocenters. The lowest BCUT2D eigenvalue weighted by Gasteiger charge is -2.18. The number of hydrogen-bond acceptors (Lipinski definition) is 17. The monoisotopic (exact) mass is 1130 g/mol. The van der Waals surface area contributed by atoms with Crippen molar-refractivity contribution in [3.63, 3.8) is 0 Å². The van der Waals surface area contributed by atoms with Gasteiger partial charge in [0.15, 0.2) is 0 Å². The van der Waals surface area contributed by atoms with Crippen molar-refractivity contribution in [1.29, 1.82) is 0 Å². The minimum atomic E-state index is -0.929. The number of carboxylic acids is 1.